The number of amides is 1. The minimum absolute atomic E-state index is 0.0285. The van der Waals surface area contributed by atoms with E-state index in [0.717, 1.165) is 10.4 Å². The number of aromatic hydroxyl groups is 1. The van der Waals surface area contributed by atoms with Gasteiger partial charge in [0.15, 0.2) is 6.23 Å². The van der Waals surface area contributed by atoms with Crippen LogP contribution in [0.3, 0.4) is 0 Å². The Bertz CT molecular complexity index is 857. The Morgan fingerprint density at radius 3 is 2.58 bits per heavy atom. The van der Waals surface area contributed by atoms with E-state index in [1.807, 2.05) is 27.7 Å². The maximum Gasteiger partial charge on any atom is 0.251 e. The monoisotopic (exact) mass is 376 g/mol. The molecule has 0 saturated heterocycles. The molecule has 1 aromatic heterocycles. The Hall–Kier alpha value is -2.09. The van der Waals surface area contributed by atoms with Gasteiger partial charge >= 0.3 is 0 Å². The summed E-state index contributed by atoms with van der Waals surface area (Å²) in [6.07, 6.45) is -0.624. The summed E-state index contributed by atoms with van der Waals surface area (Å²) in [6, 6.07) is 6.49. The van der Waals surface area contributed by atoms with E-state index in [1.165, 1.54) is 17.4 Å². The first kappa shape index (κ1) is 18.7. The number of hydrogen-bond acceptors (Lipinski definition) is 6. The van der Waals surface area contributed by atoms with Gasteiger partial charge in [-0.05, 0) is 39.3 Å². The number of carbonyl (C=O) groups excluding carboxylic acids is 1. The van der Waals surface area contributed by atoms with Crippen LogP contribution in [0.1, 0.15) is 60.3 Å². The highest BCUT2D eigenvalue weighted by atomic mass is 32.1. The highest BCUT2D eigenvalue weighted by molar-refractivity contribution is 7.17. The number of phenolic OH excluding ortho intramolecular Hbond substituents is 1. The lowest BCUT2D eigenvalue weighted by Crippen LogP contribution is -2.42. The normalized spacial score (nSPS) is 18.8. The van der Waals surface area contributed by atoms with E-state index in [4.69, 9.17) is 10.5 Å². The van der Waals surface area contributed by atoms with E-state index >= 15 is 0 Å². The number of phenols is 1. The Morgan fingerprint density at radius 2 is 1.96 bits per heavy atom. The second-order valence-corrected chi connectivity index (χ2v) is 8.65. The van der Waals surface area contributed by atoms with E-state index in [0.29, 0.717) is 22.5 Å². The Morgan fingerprint density at radius 1 is 1.31 bits per heavy atom. The predicted molar refractivity (Wildman–Crippen MR) is 101 cm³/mol. The van der Waals surface area contributed by atoms with E-state index < -0.39 is 23.3 Å². The van der Waals surface area contributed by atoms with E-state index in [1.54, 1.807) is 18.2 Å². The van der Waals surface area contributed by atoms with Crippen LogP contribution in [0.25, 0.3) is 0 Å². The molecule has 1 aromatic carbocycles. The maximum atomic E-state index is 12.2. The first-order valence-corrected chi connectivity index (χ1v) is 9.22. The third-order valence-corrected chi connectivity index (χ3v) is 5.90. The summed E-state index contributed by atoms with van der Waals surface area (Å²) >= 11 is 1.35. The molecule has 1 amide bonds. The van der Waals surface area contributed by atoms with Crippen molar-refractivity contribution in [3.05, 3.63) is 45.8 Å². The third-order valence-electron chi connectivity index (χ3n) is 4.43. The molecule has 1 unspecified atom stereocenters. The van der Waals surface area contributed by atoms with Crippen molar-refractivity contribution in [2.75, 3.05) is 5.32 Å². The highest BCUT2D eigenvalue weighted by Crippen LogP contribution is 2.48. The maximum absolute atomic E-state index is 12.2. The Balaban J connectivity index is 2.05. The van der Waals surface area contributed by atoms with E-state index in [-0.39, 0.29) is 5.75 Å². The lowest BCUT2D eigenvalue weighted by atomic mass is 9.86. The molecule has 0 saturated carbocycles. The fourth-order valence-electron chi connectivity index (χ4n) is 3.60. The van der Waals surface area contributed by atoms with Gasteiger partial charge in [0, 0.05) is 16.9 Å². The average Bonchev–Trinajstić information content (AvgIpc) is 2.84. The Kier molecular flexibility index (Phi) is 4.50. The number of fused-ring (bicyclic) bond motifs is 1. The first-order chi connectivity index (χ1) is 12.0. The summed E-state index contributed by atoms with van der Waals surface area (Å²) < 4.78 is 6.17. The van der Waals surface area contributed by atoms with Crippen LogP contribution in [-0.2, 0) is 16.8 Å². The SMILES string of the molecule is CC1(C)Cc2c(sc(NC(O)c3ccccc3O)c2C(N)=O)C(C)(C)O1. The van der Waals surface area contributed by atoms with Crippen molar-refractivity contribution < 1.29 is 19.7 Å². The largest absolute Gasteiger partial charge is 0.507 e. The second-order valence-electron chi connectivity index (χ2n) is 7.63. The molecule has 7 heteroatoms. The van der Waals surface area contributed by atoms with Crippen molar-refractivity contribution >= 4 is 22.2 Å². The molecule has 1 aliphatic heterocycles. The molecular weight excluding hydrogens is 352 g/mol. The molecule has 0 spiro atoms. The fraction of sp³-hybridized carbons (Fsp3) is 0.421. The van der Waals surface area contributed by atoms with Gasteiger partial charge in [0.2, 0.25) is 0 Å². The second kappa shape index (κ2) is 6.26. The average molecular weight is 376 g/mol. The molecule has 1 aliphatic rings. The summed E-state index contributed by atoms with van der Waals surface area (Å²) in [6.45, 7) is 7.86. The number of benzene rings is 1. The fourth-order valence-corrected chi connectivity index (χ4v) is 4.89. The molecule has 26 heavy (non-hydrogen) atoms. The molecule has 0 radical (unpaired) electrons. The molecule has 2 aromatic rings. The van der Waals surface area contributed by atoms with Gasteiger partial charge in [-0.1, -0.05) is 18.2 Å². The number of hydrogen-bond donors (Lipinski definition) is 4. The number of primary amides is 1. The minimum atomic E-state index is -1.17. The third kappa shape index (κ3) is 3.30. The summed E-state index contributed by atoms with van der Waals surface area (Å²) in [5.74, 6) is -0.581. The lowest BCUT2D eigenvalue weighted by molar-refractivity contribution is -0.135. The molecule has 2 heterocycles. The zero-order valence-corrected chi connectivity index (χ0v) is 16.1. The van der Waals surface area contributed by atoms with Gasteiger partial charge in [0.05, 0.1) is 16.8 Å². The summed E-state index contributed by atoms with van der Waals surface area (Å²) in [5.41, 5.74) is 6.21. The number of aliphatic hydroxyl groups is 1. The highest BCUT2D eigenvalue weighted by Gasteiger charge is 2.42. The van der Waals surface area contributed by atoms with Gasteiger partial charge in [-0.25, -0.2) is 0 Å². The van der Waals surface area contributed by atoms with Crippen LogP contribution in [0, 0.1) is 0 Å². The minimum Gasteiger partial charge on any atom is -0.507 e. The number of thiophene rings is 1. The van der Waals surface area contributed by atoms with Crippen LogP contribution in [0.2, 0.25) is 0 Å². The standard InChI is InChI=1S/C19H24N2O4S/c1-18(2)9-11-13(15(20)23)17(26-14(11)19(3,4)25-18)21-16(24)10-7-5-6-8-12(10)22/h5-8,16,21-22,24H,9H2,1-4H3,(H2,20,23). The zero-order valence-electron chi connectivity index (χ0n) is 15.3. The molecule has 3 rings (SSSR count). The molecular formula is C19H24N2O4S. The quantitative estimate of drug-likeness (QED) is 0.613. The first-order valence-electron chi connectivity index (χ1n) is 8.40. The number of carbonyl (C=O) groups is 1. The summed E-state index contributed by atoms with van der Waals surface area (Å²) in [7, 11) is 0. The topological polar surface area (TPSA) is 105 Å². The molecule has 0 fully saturated rings. The van der Waals surface area contributed by atoms with Crippen LogP contribution in [0.5, 0.6) is 5.75 Å². The van der Waals surface area contributed by atoms with Gasteiger partial charge in [0.1, 0.15) is 10.8 Å². The van der Waals surface area contributed by atoms with Crippen LogP contribution >= 0.6 is 11.3 Å². The number of ether oxygens (including phenoxy) is 1. The molecule has 0 aliphatic carbocycles. The van der Waals surface area contributed by atoms with Gasteiger partial charge in [0.25, 0.3) is 5.91 Å². The van der Waals surface area contributed by atoms with Crippen molar-refractivity contribution in [3.63, 3.8) is 0 Å². The smallest absolute Gasteiger partial charge is 0.251 e. The summed E-state index contributed by atoms with van der Waals surface area (Å²) in [5, 5.41) is 23.9. The van der Waals surface area contributed by atoms with Crippen molar-refractivity contribution in [1.29, 1.82) is 0 Å². The van der Waals surface area contributed by atoms with Crippen LogP contribution in [-0.4, -0.2) is 21.7 Å². The van der Waals surface area contributed by atoms with E-state index in [9.17, 15) is 15.0 Å². The van der Waals surface area contributed by atoms with Crippen molar-refractivity contribution in [2.24, 2.45) is 5.73 Å². The number of nitrogens with two attached hydrogens (primary N) is 1. The zero-order chi connectivity index (χ0) is 19.3. The molecule has 1 atom stereocenters. The summed E-state index contributed by atoms with van der Waals surface area (Å²) in [4.78, 5) is 13.1. The molecule has 140 valence electrons. The van der Waals surface area contributed by atoms with Crippen molar-refractivity contribution in [1.82, 2.24) is 0 Å². The molecule has 6 nitrogen and oxygen atoms in total. The van der Waals surface area contributed by atoms with Gasteiger partial charge < -0.3 is 26.0 Å². The van der Waals surface area contributed by atoms with Crippen molar-refractivity contribution in [2.45, 2.75) is 51.5 Å². The van der Waals surface area contributed by atoms with Gasteiger partial charge in [-0.15, -0.1) is 11.3 Å². The Labute approximate surface area is 156 Å². The number of anilines is 1. The van der Waals surface area contributed by atoms with Crippen molar-refractivity contribution in [3.8, 4) is 5.75 Å². The number of aliphatic hydroxyl groups excluding tert-OH is 1. The van der Waals surface area contributed by atoms with Crippen LogP contribution in [0.15, 0.2) is 24.3 Å². The van der Waals surface area contributed by atoms with Crippen LogP contribution < -0.4 is 11.1 Å². The molecule has 0 bridgehead atoms. The predicted octanol–water partition coefficient (Wildman–Crippen LogP) is 3.24. The molecule has 5 N–H and O–H groups in total. The number of para-hydroxylation sites is 1. The van der Waals surface area contributed by atoms with Crippen LogP contribution in [0.4, 0.5) is 5.00 Å². The lowest BCUT2D eigenvalue weighted by Gasteiger charge is -2.41. The number of nitrogens with one attached hydrogen (secondary N) is 1. The van der Waals surface area contributed by atoms with E-state index in [2.05, 4.69) is 5.32 Å². The van der Waals surface area contributed by atoms with Gasteiger partial charge in [-0.3, -0.25) is 4.79 Å². The number of rotatable bonds is 4. The van der Waals surface area contributed by atoms with Gasteiger partial charge in [-0.2, -0.15) is 0 Å².